The molecule has 0 aromatic rings. The van der Waals surface area contributed by atoms with E-state index in [0.29, 0.717) is 12.5 Å². The van der Waals surface area contributed by atoms with E-state index >= 15 is 0 Å². The molecule has 76 valence electrons. The molecule has 1 aliphatic rings. The van der Waals surface area contributed by atoms with Crippen LogP contribution < -0.4 is 0 Å². The van der Waals surface area contributed by atoms with E-state index in [1.54, 1.807) is 0 Å². The van der Waals surface area contributed by atoms with Crippen LogP contribution in [-0.2, 0) is 0 Å². The molecule has 1 nitrogen and oxygen atoms in total. The van der Waals surface area contributed by atoms with Gasteiger partial charge in [0.05, 0.1) is 0 Å². The molecule has 1 aliphatic carbocycles. The van der Waals surface area contributed by atoms with Crippen LogP contribution in [0.5, 0.6) is 0 Å². The smallest absolute Gasteiger partial charge is 0.0459 e. The molecule has 0 bridgehead atoms. The van der Waals surface area contributed by atoms with Crippen molar-refractivity contribution in [1.82, 2.24) is 0 Å². The van der Waals surface area contributed by atoms with Crippen LogP contribution in [0.25, 0.3) is 0 Å². The molecule has 1 N–H and O–H groups in total. The molecule has 13 heavy (non-hydrogen) atoms. The van der Waals surface area contributed by atoms with Gasteiger partial charge in [0.1, 0.15) is 0 Å². The average Bonchev–Trinajstić information content (AvgIpc) is 2.15. The molecule has 1 saturated carbocycles. The van der Waals surface area contributed by atoms with E-state index < -0.39 is 0 Å². The molecule has 0 aromatic heterocycles. The lowest BCUT2D eigenvalue weighted by molar-refractivity contribution is 0.161. The Morgan fingerprint density at radius 2 is 2.00 bits per heavy atom. The Morgan fingerprint density at radius 1 is 1.31 bits per heavy atom. The summed E-state index contributed by atoms with van der Waals surface area (Å²) >= 11 is 0. The maximum Gasteiger partial charge on any atom is 0.0459 e. The van der Waals surface area contributed by atoms with Gasteiger partial charge in [-0.15, -0.1) is 0 Å². The van der Waals surface area contributed by atoms with Crippen molar-refractivity contribution in [3.05, 3.63) is 11.6 Å². The highest BCUT2D eigenvalue weighted by molar-refractivity contribution is 4.94. The van der Waals surface area contributed by atoms with Gasteiger partial charge in [0, 0.05) is 6.61 Å². The second-order valence-corrected chi connectivity index (χ2v) is 4.60. The van der Waals surface area contributed by atoms with Crippen LogP contribution in [0.2, 0.25) is 0 Å². The van der Waals surface area contributed by atoms with Crippen LogP contribution in [0.15, 0.2) is 11.6 Å². The summed E-state index contributed by atoms with van der Waals surface area (Å²) < 4.78 is 0. The van der Waals surface area contributed by atoms with Crippen LogP contribution in [-0.4, -0.2) is 11.7 Å². The second-order valence-electron chi connectivity index (χ2n) is 4.60. The van der Waals surface area contributed by atoms with Crippen molar-refractivity contribution in [3.63, 3.8) is 0 Å². The molecule has 0 amide bonds. The molecule has 0 heterocycles. The Bertz CT molecular complexity index is 168. The summed E-state index contributed by atoms with van der Waals surface area (Å²) in [4.78, 5) is 0. The van der Waals surface area contributed by atoms with Crippen molar-refractivity contribution in [1.29, 1.82) is 0 Å². The van der Waals surface area contributed by atoms with Gasteiger partial charge in [-0.25, -0.2) is 0 Å². The van der Waals surface area contributed by atoms with Gasteiger partial charge in [0.25, 0.3) is 0 Å². The van der Waals surface area contributed by atoms with E-state index in [-0.39, 0.29) is 0 Å². The third-order valence-electron chi connectivity index (χ3n) is 3.01. The Balaban J connectivity index is 2.30. The number of aliphatic hydroxyl groups is 1. The number of hydrogen-bond acceptors (Lipinski definition) is 1. The lowest BCUT2D eigenvalue weighted by atomic mass is 9.80. The lowest BCUT2D eigenvalue weighted by Crippen LogP contribution is -2.17. The predicted molar refractivity (Wildman–Crippen MR) is 56.6 cm³/mol. The molecule has 2 atom stereocenters. The molecule has 1 rings (SSSR count). The first kappa shape index (κ1) is 10.8. The monoisotopic (exact) mass is 182 g/mol. The fourth-order valence-electron chi connectivity index (χ4n) is 2.18. The maximum atomic E-state index is 9.07. The van der Waals surface area contributed by atoms with E-state index in [0.717, 1.165) is 5.92 Å². The van der Waals surface area contributed by atoms with Crippen molar-refractivity contribution >= 4 is 0 Å². The van der Waals surface area contributed by atoms with E-state index in [1.165, 1.54) is 37.7 Å². The largest absolute Gasteiger partial charge is 0.396 e. The van der Waals surface area contributed by atoms with Crippen molar-refractivity contribution in [2.75, 3.05) is 6.61 Å². The Labute approximate surface area is 81.9 Å². The highest BCUT2D eigenvalue weighted by Gasteiger charge is 2.20. The van der Waals surface area contributed by atoms with Gasteiger partial charge >= 0.3 is 0 Å². The third-order valence-corrected chi connectivity index (χ3v) is 3.01. The predicted octanol–water partition coefficient (Wildman–Crippen LogP) is 3.14. The molecule has 1 fully saturated rings. The first-order valence-electron chi connectivity index (χ1n) is 5.46. The van der Waals surface area contributed by atoms with E-state index in [4.69, 9.17) is 5.11 Å². The summed E-state index contributed by atoms with van der Waals surface area (Å²) in [6, 6.07) is 0. The minimum Gasteiger partial charge on any atom is -0.396 e. The zero-order chi connectivity index (χ0) is 9.68. The first-order chi connectivity index (χ1) is 6.22. The van der Waals surface area contributed by atoms with Crippen LogP contribution in [0.4, 0.5) is 0 Å². The van der Waals surface area contributed by atoms with Gasteiger partial charge in [0.2, 0.25) is 0 Å². The van der Waals surface area contributed by atoms with Gasteiger partial charge in [-0.1, -0.05) is 24.5 Å². The summed E-state index contributed by atoms with van der Waals surface area (Å²) in [5.74, 6) is 1.42. The topological polar surface area (TPSA) is 20.2 Å². The summed E-state index contributed by atoms with van der Waals surface area (Å²) in [7, 11) is 0. The van der Waals surface area contributed by atoms with Crippen LogP contribution in [0.1, 0.15) is 46.0 Å². The quantitative estimate of drug-likeness (QED) is 0.665. The zero-order valence-corrected chi connectivity index (χ0v) is 8.92. The van der Waals surface area contributed by atoms with Crippen LogP contribution in [0, 0.1) is 11.8 Å². The van der Waals surface area contributed by atoms with E-state index in [9.17, 15) is 0 Å². The Hall–Kier alpha value is -0.300. The first-order valence-corrected chi connectivity index (χ1v) is 5.46. The third kappa shape index (κ3) is 3.95. The number of aliphatic hydroxyl groups excluding tert-OH is 1. The molecule has 0 aliphatic heterocycles. The Morgan fingerprint density at radius 3 is 2.62 bits per heavy atom. The minimum absolute atomic E-state index is 0.394. The standard InChI is InChI=1S/C12H22O/c1-10(2)6-7-11-4-3-5-12(8-11)9-13/h6,11-13H,3-5,7-9H2,1-2H3. The number of rotatable bonds is 3. The molecule has 1 heteroatoms. The van der Waals surface area contributed by atoms with Crippen LogP contribution in [0.3, 0.4) is 0 Å². The van der Waals surface area contributed by atoms with Crippen molar-refractivity contribution in [2.24, 2.45) is 11.8 Å². The second kappa shape index (κ2) is 5.43. The normalized spacial score (nSPS) is 28.5. The summed E-state index contributed by atoms with van der Waals surface area (Å²) in [6.07, 6.45) is 8.71. The highest BCUT2D eigenvalue weighted by Crippen LogP contribution is 2.31. The van der Waals surface area contributed by atoms with E-state index in [2.05, 4.69) is 19.9 Å². The number of allylic oxidation sites excluding steroid dienone is 2. The molecular weight excluding hydrogens is 160 g/mol. The fraction of sp³-hybridized carbons (Fsp3) is 0.833. The van der Waals surface area contributed by atoms with Gasteiger partial charge in [0.15, 0.2) is 0 Å². The Kier molecular flexibility index (Phi) is 4.51. The van der Waals surface area contributed by atoms with Crippen molar-refractivity contribution in [2.45, 2.75) is 46.0 Å². The zero-order valence-electron chi connectivity index (χ0n) is 8.92. The maximum absolute atomic E-state index is 9.07. The summed E-state index contributed by atoms with van der Waals surface area (Å²) in [5, 5.41) is 9.07. The van der Waals surface area contributed by atoms with Gasteiger partial charge in [-0.05, 0) is 44.9 Å². The number of hydrogen-bond donors (Lipinski definition) is 1. The van der Waals surface area contributed by atoms with Crippen molar-refractivity contribution in [3.8, 4) is 0 Å². The molecule has 0 saturated heterocycles. The van der Waals surface area contributed by atoms with Gasteiger partial charge in [-0.2, -0.15) is 0 Å². The van der Waals surface area contributed by atoms with Crippen LogP contribution >= 0.6 is 0 Å². The highest BCUT2D eigenvalue weighted by atomic mass is 16.3. The SMILES string of the molecule is CC(C)=CCC1CCCC(CO)C1. The van der Waals surface area contributed by atoms with Gasteiger partial charge in [-0.3, -0.25) is 0 Å². The summed E-state index contributed by atoms with van der Waals surface area (Å²) in [5.41, 5.74) is 1.42. The fourth-order valence-corrected chi connectivity index (χ4v) is 2.18. The van der Waals surface area contributed by atoms with Gasteiger partial charge < -0.3 is 5.11 Å². The molecule has 0 aromatic carbocycles. The lowest BCUT2D eigenvalue weighted by Gasteiger charge is -2.27. The molecule has 0 spiro atoms. The average molecular weight is 182 g/mol. The van der Waals surface area contributed by atoms with Crippen molar-refractivity contribution < 1.29 is 5.11 Å². The van der Waals surface area contributed by atoms with E-state index in [1.807, 2.05) is 0 Å². The molecule has 0 radical (unpaired) electrons. The molecular formula is C12H22O. The minimum atomic E-state index is 0.394. The molecule has 2 unspecified atom stereocenters. The summed E-state index contributed by atoms with van der Waals surface area (Å²) in [6.45, 7) is 4.71.